The molecule has 9 heteroatoms. The number of rotatable bonds is 5. The maximum atomic E-state index is 13.0. The summed E-state index contributed by atoms with van der Waals surface area (Å²) in [5, 5.41) is 3.02. The highest BCUT2D eigenvalue weighted by molar-refractivity contribution is 5.94. The maximum Gasteiger partial charge on any atom is 0.267 e. The van der Waals surface area contributed by atoms with Crippen LogP contribution in [-0.4, -0.2) is 92.8 Å². The molecule has 3 aliphatic rings. The third-order valence-electron chi connectivity index (χ3n) is 6.85. The summed E-state index contributed by atoms with van der Waals surface area (Å²) in [6, 6.07) is 15.0. The fraction of sp³-hybridized carbons (Fsp3) is 0.462. The Balaban J connectivity index is 1.10. The molecule has 2 saturated heterocycles. The number of hydrogen-bond acceptors (Lipinski definition) is 7. The van der Waals surface area contributed by atoms with Crippen LogP contribution in [0.15, 0.2) is 48.5 Å². The van der Waals surface area contributed by atoms with Gasteiger partial charge in [0, 0.05) is 50.6 Å². The molecule has 3 aliphatic heterocycles. The summed E-state index contributed by atoms with van der Waals surface area (Å²) in [6.45, 7) is 7.70. The van der Waals surface area contributed by atoms with Gasteiger partial charge in [-0.3, -0.25) is 14.5 Å². The van der Waals surface area contributed by atoms with Crippen molar-refractivity contribution in [3.8, 4) is 11.5 Å². The molecule has 35 heavy (non-hydrogen) atoms. The Bertz CT molecular complexity index is 1030. The Morgan fingerprint density at radius 2 is 1.60 bits per heavy atom. The number of para-hydroxylation sites is 2. The molecule has 2 fully saturated rings. The van der Waals surface area contributed by atoms with Gasteiger partial charge in [-0.25, -0.2) is 0 Å². The molecule has 0 spiro atoms. The average Bonchev–Trinajstić information content (AvgIpc) is 2.93. The molecule has 2 aromatic carbocycles. The zero-order chi connectivity index (χ0) is 24.2. The van der Waals surface area contributed by atoms with E-state index in [4.69, 9.17) is 14.2 Å². The largest absolute Gasteiger partial charge is 0.485 e. The lowest BCUT2D eigenvalue weighted by Crippen LogP contribution is -2.57. The Morgan fingerprint density at radius 1 is 0.914 bits per heavy atom. The molecule has 2 amide bonds. The maximum absolute atomic E-state index is 13.0. The van der Waals surface area contributed by atoms with Gasteiger partial charge < -0.3 is 29.3 Å². The molecule has 186 valence electrons. The van der Waals surface area contributed by atoms with Crippen LogP contribution in [0.2, 0.25) is 0 Å². The molecular formula is C26H32N4O5. The van der Waals surface area contributed by atoms with Gasteiger partial charge in [-0.15, -0.1) is 0 Å². The van der Waals surface area contributed by atoms with Crippen molar-refractivity contribution in [3.05, 3.63) is 48.5 Å². The lowest BCUT2D eigenvalue weighted by molar-refractivity contribution is -0.143. The second-order valence-corrected chi connectivity index (χ2v) is 9.04. The molecule has 0 aromatic heterocycles. The van der Waals surface area contributed by atoms with Crippen LogP contribution in [0.1, 0.15) is 6.92 Å². The summed E-state index contributed by atoms with van der Waals surface area (Å²) >= 11 is 0. The first-order valence-electron chi connectivity index (χ1n) is 12.2. The lowest BCUT2D eigenvalue weighted by atomic mass is 10.2. The van der Waals surface area contributed by atoms with Crippen LogP contribution in [0.5, 0.6) is 11.5 Å². The smallest absolute Gasteiger partial charge is 0.267 e. The normalized spacial score (nSPS) is 21.3. The highest BCUT2D eigenvalue weighted by Crippen LogP contribution is 2.31. The molecule has 0 aliphatic carbocycles. The van der Waals surface area contributed by atoms with Gasteiger partial charge in [-0.1, -0.05) is 12.1 Å². The van der Waals surface area contributed by atoms with E-state index >= 15 is 0 Å². The van der Waals surface area contributed by atoms with Crippen LogP contribution >= 0.6 is 0 Å². The van der Waals surface area contributed by atoms with E-state index in [9.17, 15) is 9.59 Å². The summed E-state index contributed by atoms with van der Waals surface area (Å²) < 4.78 is 17.0. The minimum Gasteiger partial charge on any atom is -0.485 e. The lowest BCUT2D eigenvalue weighted by Gasteiger charge is -2.39. The number of amides is 2. The molecule has 0 saturated carbocycles. The molecule has 3 heterocycles. The van der Waals surface area contributed by atoms with Crippen LogP contribution in [0.3, 0.4) is 0 Å². The van der Waals surface area contributed by atoms with Crippen LogP contribution in [-0.2, 0) is 14.3 Å². The second kappa shape index (κ2) is 10.5. The molecule has 2 atom stereocenters. The monoisotopic (exact) mass is 480 g/mol. The Morgan fingerprint density at radius 3 is 2.31 bits per heavy atom. The molecule has 5 rings (SSSR count). The van der Waals surface area contributed by atoms with Crippen molar-refractivity contribution in [1.29, 1.82) is 0 Å². The fourth-order valence-electron chi connectivity index (χ4n) is 4.66. The van der Waals surface area contributed by atoms with Crippen LogP contribution < -0.4 is 19.7 Å². The molecular weight excluding hydrogens is 448 g/mol. The van der Waals surface area contributed by atoms with Crippen molar-refractivity contribution < 1.29 is 23.8 Å². The second-order valence-electron chi connectivity index (χ2n) is 9.04. The quantitative estimate of drug-likeness (QED) is 0.699. The van der Waals surface area contributed by atoms with E-state index in [1.165, 1.54) is 0 Å². The fourth-order valence-corrected chi connectivity index (χ4v) is 4.66. The minimum absolute atomic E-state index is 0.0514. The van der Waals surface area contributed by atoms with Gasteiger partial charge in [-0.2, -0.15) is 0 Å². The van der Waals surface area contributed by atoms with Gasteiger partial charge in [0.1, 0.15) is 6.61 Å². The summed E-state index contributed by atoms with van der Waals surface area (Å²) in [6.07, 6.45) is -0.641. The predicted octanol–water partition coefficient (Wildman–Crippen LogP) is 1.83. The number of carbonyl (C=O) groups is 2. The van der Waals surface area contributed by atoms with Crippen molar-refractivity contribution in [1.82, 2.24) is 9.80 Å². The number of ether oxygens (including phenoxy) is 3. The molecule has 0 unspecified atom stereocenters. The van der Waals surface area contributed by atoms with Crippen molar-refractivity contribution in [2.24, 2.45) is 0 Å². The zero-order valence-electron chi connectivity index (χ0n) is 20.0. The van der Waals surface area contributed by atoms with Crippen molar-refractivity contribution >= 4 is 23.2 Å². The predicted molar refractivity (Wildman–Crippen MR) is 132 cm³/mol. The molecule has 9 nitrogen and oxygen atoms in total. The standard InChI is InChI=1S/C26H32N4O5/c1-19(25(31)27-20-6-8-21(9-7-20)29-14-16-33-17-15-29)28-10-12-30(13-11-28)26(32)24-18-34-22-4-2-3-5-23(22)35-24/h2-9,19,24H,10-18H2,1H3,(H,27,31)/t19-,24+/m1/s1. The van der Waals surface area contributed by atoms with Crippen molar-refractivity contribution in [2.45, 2.75) is 19.1 Å². The number of piperazine rings is 1. The number of fused-ring (bicyclic) bond motifs is 1. The third kappa shape index (κ3) is 5.36. The number of carbonyl (C=O) groups excluding carboxylic acids is 2. The van der Waals surface area contributed by atoms with Gasteiger partial charge in [0.25, 0.3) is 5.91 Å². The Hall–Kier alpha value is -3.30. The minimum atomic E-state index is -0.641. The van der Waals surface area contributed by atoms with E-state index in [1.807, 2.05) is 55.5 Å². The Labute approximate surface area is 205 Å². The number of benzene rings is 2. The topological polar surface area (TPSA) is 83.6 Å². The van der Waals surface area contributed by atoms with Gasteiger partial charge in [-0.05, 0) is 43.3 Å². The van der Waals surface area contributed by atoms with Crippen LogP contribution in [0.4, 0.5) is 11.4 Å². The highest BCUT2D eigenvalue weighted by atomic mass is 16.6. The first kappa shape index (κ1) is 23.4. The highest BCUT2D eigenvalue weighted by Gasteiger charge is 2.34. The van der Waals surface area contributed by atoms with Gasteiger partial charge in [0.05, 0.1) is 19.3 Å². The van der Waals surface area contributed by atoms with E-state index in [1.54, 1.807) is 4.90 Å². The van der Waals surface area contributed by atoms with E-state index in [-0.39, 0.29) is 24.5 Å². The SMILES string of the molecule is C[C@H](C(=O)Nc1ccc(N2CCOCC2)cc1)N1CCN(C(=O)[C@@H]2COc3ccccc3O2)CC1. The molecule has 0 bridgehead atoms. The molecule has 2 aromatic rings. The summed E-state index contributed by atoms with van der Waals surface area (Å²) in [4.78, 5) is 32.0. The van der Waals surface area contributed by atoms with Gasteiger partial charge in [0.15, 0.2) is 11.5 Å². The Kier molecular flexibility index (Phi) is 7.06. The van der Waals surface area contributed by atoms with E-state index in [2.05, 4.69) is 15.1 Å². The molecule has 1 N–H and O–H groups in total. The summed E-state index contributed by atoms with van der Waals surface area (Å²) in [7, 11) is 0. The number of morpholine rings is 1. The number of nitrogens with one attached hydrogen (secondary N) is 1. The van der Waals surface area contributed by atoms with E-state index in [0.717, 1.165) is 37.7 Å². The van der Waals surface area contributed by atoms with Gasteiger partial charge in [0.2, 0.25) is 12.0 Å². The van der Waals surface area contributed by atoms with Crippen molar-refractivity contribution in [3.63, 3.8) is 0 Å². The van der Waals surface area contributed by atoms with Gasteiger partial charge >= 0.3 is 0 Å². The first-order valence-corrected chi connectivity index (χ1v) is 12.2. The van der Waals surface area contributed by atoms with Crippen LogP contribution in [0, 0.1) is 0 Å². The van der Waals surface area contributed by atoms with E-state index in [0.29, 0.717) is 37.7 Å². The average molecular weight is 481 g/mol. The first-order chi connectivity index (χ1) is 17.1. The summed E-state index contributed by atoms with van der Waals surface area (Å²) in [5.41, 5.74) is 1.92. The van der Waals surface area contributed by atoms with Crippen molar-refractivity contribution in [2.75, 3.05) is 69.3 Å². The number of nitrogens with zero attached hydrogens (tertiary/aromatic N) is 3. The third-order valence-corrected chi connectivity index (χ3v) is 6.85. The summed E-state index contributed by atoms with van der Waals surface area (Å²) in [5.74, 6) is 1.14. The molecule has 0 radical (unpaired) electrons. The number of anilines is 2. The van der Waals surface area contributed by atoms with E-state index < -0.39 is 6.10 Å². The zero-order valence-corrected chi connectivity index (χ0v) is 20.0. The number of hydrogen-bond donors (Lipinski definition) is 1. The van der Waals surface area contributed by atoms with Crippen LogP contribution in [0.25, 0.3) is 0 Å².